The number of amides is 1. The predicted molar refractivity (Wildman–Crippen MR) is 87.0 cm³/mol. The molecule has 7 heteroatoms. The molecule has 1 saturated carbocycles. The molecule has 1 aromatic carbocycles. The average Bonchev–Trinajstić information content (AvgIpc) is 3.27. The maximum Gasteiger partial charge on any atom is 0.273 e. The van der Waals surface area contributed by atoms with Gasteiger partial charge in [0.1, 0.15) is 0 Å². The minimum Gasteiger partial charge on any atom is -0.351 e. The summed E-state index contributed by atoms with van der Waals surface area (Å²) in [7, 11) is 0. The Kier molecular flexibility index (Phi) is 4.54. The molecule has 0 spiro atoms. The number of nitrogens with two attached hydrogens (primary N) is 1. The first-order valence-electron chi connectivity index (χ1n) is 7.40. The monoisotopic (exact) mass is 363 g/mol. The third kappa shape index (κ3) is 3.20. The minimum atomic E-state index is -0.168. The van der Waals surface area contributed by atoms with Crippen LogP contribution in [0.15, 0.2) is 28.7 Å². The van der Waals surface area contributed by atoms with Crippen molar-refractivity contribution in [3.8, 4) is 5.69 Å². The van der Waals surface area contributed by atoms with Gasteiger partial charge in [-0.2, -0.15) is 0 Å². The van der Waals surface area contributed by atoms with Gasteiger partial charge in [-0.05, 0) is 50.1 Å². The molecule has 0 atom stereocenters. The number of hydrogen-bond donors (Lipinski definition) is 2. The fourth-order valence-corrected chi connectivity index (χ4v) is 2.60. The van der Waals surface area contributed by atoms with Crippen LogP contribution >= 0.6 is 15.9 Å². The van der Waals surface area contributed by atoms with Gasteiger partial charge < -0.3 is 11.1 Å². The molecule has 1 fully saturated rings. The van der Waals surface area contributed by atoms with Crippen molar-refractivity contribution in [2.45, 2.75) is 25.2 Å². The number of aromatic nitrogens is 3. The smallest absolute Gasteiger partial charge is 0.273 e. The Hall–Kier alpha value is -1.73. The van der Waals surface area contributed by atoms with Gasteiger partial charge >= 0.3 is 0 Å². The molecule has 2 aromatic rings. The van der Waals surface area contributed by atoms with E-state index in [9.17, 15) is 4.79 Å². The van der Waals surface area contributed by atoms with Crippen molar-refractivity contribution in [1.29, 1.82) is 0 Å². The molecule has 0 unspecified atom stereocenters. The molecule has 3 N–H and O–H groups in total. The summed E-state index contributed by atoms with van der Waals surface area (Å²) < 4.78 is 2.78. The van der Waals surface area contributed by atoms with Crippen LogP contribution in [0.5, 0.6) is 0 Å². The second kappa shape index (κ2) is 6.58. The van der Waals surface area contributed by atoms with Gasteiger partial charge in [-0.25, -0.2) is 4.68 Å². The zero-order chi connectivity index (χ0) is 15.5. The molecule has 1 aromatic heterocycles. The highest BCUT2D eigenvalue weighted by Crippen LogP contribution is 2.42. The summed E-state index contributed by atoms with van der Waals surface area (Å²) in [6.07, 6.45) is 2.91. The zero-order valence-electron chi connectivity index (χ0n) is 12.1. The van der Waals surface area contributed by atoms with Crippen LogP contribution in [0.2, 0.25) is 0 Å². The normalized spacial score (nSPS) is 14.1. The number of carbonyl (C=O) groups is 1. The van der Waals surface area contributed by atoms with Gasteiger partial charge in [0.2, 0.25) is 0 Å². The SMILES string of the molecule is NCCCNC(=O)c1nnn(-c2ccc(Br)cc2)c1C1CC1. The van der Waals surface area contributed by atoms with Crippen molar-refractivity contribution < 1.29 is 4.79 Å². The molecule has 0 bridgehead atoms. The molecule has 0 saturated heterocycles. The number of rotatable bonds is 6. The highest BCUT2D eigenvalue weighted by atomic mass is 79.9. The van der Waals surface area contributed by atoms with Crippen LogP contribution in [0.4, 0.5) is 0 Å². The molecular weight excluding hydrogens is 346 g/mol. The van der Waals surface area contributed by atoms with Crippen LogP contribution in [0.25, 0.3) is 5.69 Å². The van der Waals surface area contributed by atoms with Gasteiger partial charge in [0.05, 0.1) is 11.4 Å². The van der Waals surface area contributed by atoms with Crippen LogP contribution in [-0.2, 0) is 0 Å². The van der Waals surface area contributed by atoms with E-state index in [0.717, 1.165) is 35.1 Å². The maximum absolute atomic E-state index is 12.3. The van der Waals surface area contributed by atoms with Crippen molar-refractivity contribution in [3.63, 3.8) is 0 Å². The van der Waals surface area contributed by atoms with E-state index in [1.165, 1.54) is 0 Å². The van der Waals surface area contributed by atoms with Crippen molar-refractivity contribution in [2.24, 2.45) is 5.73 Å². The number of carbonyl (C=O) groups excluding carboxylic acids is 1. The lowest BCUT2D eigenvalue weighted by Crippen LogP contribution is -2.27. The summed E-state index contributed by atoms with van der Waals surface area (Å²) >= 11 is 3.42. The van der Waals surface area contributed by atoms with Crippen molar-refractivity contribution in [1.82, 2.24) is 20.3 Å². The van der Waals surface area contributed by atoms with E-state index in [-0.39, 0.29) is 5.91 Å². The van der Waals surface area contributed by atoms with E-state index in [1.807, 2.05) is 24.3 Å². The molecular formula is C15H18BrN5O. The molecule has 3 rings (SSSR count). The zero-order valence-corrected chi connectivity index (χ0v) is 13.7. The second-order valence-corrected chi connectivity index (χ2v) is 6.30. The van der Waals surface area contributed by atoms with Crippen LogP contribution in [0.1, 0.15) is 41.4 Å². The van der Waals surface area contributed by atoms with E-state index < -0.39 is 0 Å². The standard InChI is InChI=1S/C15H18BrN5O/c16-11-4-6-12(7-5-11)21-14(10-2-3-10)13(19-20-21)15(22)18-9-1-8-17/h4-7,10H,1-3,8-9,17H2,(H,18,22). The van der Waals surface area contributed by atoms with Crippen molar-refractivity contribution in [2.75, 3.05) is 13.1 Å². The summed E-state index contributed by atoms with van der Waals surface area (Å²) in [6, 6.07) is 7.82. The summed E-state index contributed by atoms with van der Waals surface area (Å²) in [6.45, 7) is 1.12. The molecule has 22 heavy (non-hydrogen) atoms. The van der Waals surface area contributed by atoms with E-state index in [1.54, 1.807) is 4.68 Å². The quantitative estimate of drug-likeness (QED) is 0.768. The summed E-state index contributed by atoms with van der Waals surface area (Å²) in [5.41, 5.74) is 7.70. The van der Waals surface area contributed by atoms with Gasteiger partial charge in [-0.1, -0.05) is 21.1 Å². The van der Waals surface area contributed by atoms with E-state index in [2.05, 4.69) is 31.6 Å². The van der Waals surface area contributed by atoms with Gasteiger partial charge in [-0.15, -0.1) is 5.10 Å². The number of hydrogen-bond acceptors (Lipinski definition) is 4. The minimum absolute atomic E-state index is 0.168. The van der Waals surface area contributed by atoms with Crippen LogP contribution < -0.4 is 11.1 Å². The maximum atomic E-state index is 12.3. The molecule has 116 valence electrons. The fraction of sp³-hybridized carbons (Fsp3) is 0.400. The first-order chi connectivity index (χ1) is 10.7. The first-order valence-corrected chi connectivity index (χ1v) is 8.20. The third-order valence-corrected chi connectivity index (χ3v) is 4.15. The third-order valence-electron chi connectivity index (χ3n) is 3.62. The van der Waals surface area contributed by atoms with Gasteiger partial charge in [0.25, 0.3) is 5.91 Å². The molecule has 0 radical (unpaired) electrons. The number of nitrogens with one attached hydrogen (secondary N) is 1. The van der Waals surface area contributed by atoms with E-state index in [0.29, 0.717) is 24.7 Å². The van der Waals surface area contributed by atoms with Gasteiger partial charge in [-0.3, -0.25) is 4.79 Å². The second-order valence-electron chi connectivity index (χ2n) is 5.38. The largest absolute Gasteiger partial charge is 0.351 e. The van der Waals surface area contributed by atoms with Crippen LogP contribution in [-0.4, -0.2) is 34.0 Å². The van der Waals surface area contributed by atoms with Crippen molar-refractivity contribution >= 4 is 21.8 Å². The Morgan fingerprint density at radius 2 is 2.09 bits per heavy atom. The molecule has 0 aliphatic heterocycles. The Morgan fingerprint density at radius 3 is 2.73 bits per heavy atom. The topological polar surface area (TPSA) is 85.8 Å². The van der Waals surface area contributed by atoms with E-state index >= 15 is 0 Å². The highest BCUT2D eigenvalue weighted by Gasteiger charge is 2.34. The van der Waals surface area contributed by atoms with Crippen molar-refractivity contribution in [3.05, 3.63) is 40.1 Å². The number of nitrogens with zero attached hydrogens (tertiary/aromatic N) is 3. The fourth-order valence-electron chi connectivity index (χ4n) is 2.33. The number of benzene rings is 1. The Morgan fingerprint density at radius 1 is 1.36 bits per heavy atom. The summed E-state index contributed by atoms with van der Waals surface area (Å²) in [5.74, 6) is 0.201. The lowest BCUT2D eigenvalue weighted by Gasteiger charge is -2.07. The first kappa shape index (κ1) is 15.2. The lowest BCUT2D eigenvalue weighted by molar-refractivity contribution is 0.0947. The summed E-state index contributed by atoms with van der Waals surface area (Å²) in [4.78, 5) is 12.3. The Labute approximate surface area is 137 Å². The van der Waals surface area contributed by atoms with Gasteiger partial charge in [0.15, 0.2) is 5.69 Å². The Bertz CT molecular complexity index is 663. The molecule has 1 aliphatic carbocycles. The molecule has 1 aliphatic rings. The molecule has 6 nitrogen and oxygen atoms in total. The van der Waals surface area contributed by atoms with E-state index in [4.69, 9.17) is 5.73 Å². The number of halogens is 1. The molecule has 1 heterocycles. The average molecular weight is 364 g/mol. The summed E-state index contributed by atoms with van der Waals surface area (Å²) in [5, 5.41) is 11.2. The lowest BCUT2D eigenvalue weighted by atomic mass is 10.2. The Balaban J connectivity index is 1.89. The highest BCUT2D eigenvalue weighted by molar-refractivity contribution is 9.10. The predicted octanol–water partition coefficient (Wildman–Crippen LogP) is 1.99. The van der Waals surface area contributed by atoms with Crippen LogP contribution in [0, 0.1) is 0 Å². The van der Waals surface area contributed by atoms with Crippen LogP contribution in [0.3, 0.4) is 0 Å². The molecule has 1 amide bonds. The van der Waals surface area contributed by atoms with Gasteiger partial charge in [0, 0.05) is 16.9 Å².